The van der Waals surface area contributed by atoms with Gasteiger partial charge in [0.15, 0.2) is 11.6 Å². The number of benzene rings is 10. The maximum Gasteiger partial charge on any atom is 0.238 e. The predicted octanol–water partition coefficient (Wildman–Crippen LogP) is 14.0. The highest BCUT2D eigenvalue weighted by molar-refractivity contribution is 6.15. The highest BCUT2D eigenvalue weighted by Crippen LogP contribution is 2.39. The molecule has 0 unspecified atom stereocenters. The number of rotatable bonds is 4. The molecule has 0 aliphatic carbocycles. The Balaban J connectivity index is 1.04. The number of hydrogen-bond acceptors (Lipinski definition) is 3. The van der Waals surface area contributed by atoms with Gasteiger partial charge in [0, 0.05) is 38.4 Å². The van der Waals surface area contributed by atoms with Gasteiger partial charge in [-0.2, -0.15) is 9.97 Å². The molecule has 60 heavy (non-hydrogen) atoms. The second-order valence-electron chi connectivity index (χ2n) is 15.7. The molecule has 0 saturated heterocycles. The normalized spacial score (nSPS) is 12.0. The SMILES string of the molecule is c1ccc2cc(-c3nc(-c4ccc5ccccc5c4)nc(-n4c5ccccc5c5cc6cc(-n7c8ccccc8c8cc9ccccc9cc87)ccc6cc54)n3)ccc2c1. The van der Waals surface area contributed by atoms with E-state index in [1.165, 1.54) is 48.7 Å². The summed E-state index contributed by atoms with van der Waals surface area (Å²) >= 11 is 0. The van der Waals surface area contributed by atoms with Gasteiger partial charge in [0.25, 0.3) is 0 Å². The minimum Gasteiger partial charge on any atom is -0.309 e. The fourth-order valence-electron chi connectivity index (χ4n) is 9.37. The van der Waals surface area contributed by atoms with E-state index in [9.17, 15) is 0 Å². The smallest absolute Gasteiger partial charge is 0.238 e. The van der Waals surface area contributed by atoms with Crippen molar-refractivity contribution in [3.05, 3.63) is 200 Å². The average Bonchev–Trinajstić information content (AvgIpc) is 3.81. The van der Waals surface area contributed by atoms with Crippen molar-refractivity contribution in [3.8, 4) is 34.4 Å². The molecule has 13 aromatic rings. The van der Waals surface area contributed by atoms with Crippen LogP contribution in [0.4, 0.5) is 0 Å². The number of fused-ring (bicyclic) bond motifs is 10. The quantitative estimate of drug-likeness (QED) is 0.179. The van der Waals surface area contributed by atoms with E-state index < -0.39 is 0 Å². The second kappa shape index (κ2) is 12.7. The molecule has 0 bridgehead atoms. The molecule has 0 aliphatic rings. The summed E-state index contributed by atoms with van der Waals surface area (Å²) in [6, 6.07) is 71.8. The Kier molecular flexibility index (Phi) is 6.95. The molecule has 10 aromatic carbocycles. The Hall–Kier alpha value is -8.15. The minimum absolute atomic E-state index is 0.580. The van der Waals surface area contributed by atoms with Crippen molar-refractivity contribution >= 4 is 86.7 Å². The molecule has 0 saturated carbocycles. The Bertz CT molecular complexity index is 3810. The van der Waals surface area contributed by atoms with Crippen molar-refractivity contribution < 1.29 is 0 Å². The lowest BCUT2D eigenvalue weighted by Gasteiger charge is -2.12. The lowest BCUT2D eigenvalue weighted by molar-refractivity contribution is 0.954. The first kappa shape index (κ1) is 32.9. The number of aromatic nitrogens is 5. The van der Waals surface area contributed by atoms with Crippen LogP contribution >= 0.6 is 0 Å². The summed E-state index contributed by atoms with van der Waals surface area (Å²) in [5.41, 5.74) is 7.49. The van der Waals surface area contributed by atoms with Gasteiger partial charge < -0.3 is 4.57 Å². The zero-order valence-electron chi connectivity index (χ0n) is 32.3. The molecule has 0 atom stereocenters. The molecule has 3 aromatic heterocycles. The maximum absolute atomic E-state index is 5.29. The van der Waals surface area contributed by atoms with E-state index in [-0.39, 0.29) is 0 Å². The summed E-state index contributed by atoms with van der Waals surface area (Å²) in [6.07, 6.45) is 0. The summed E-state index contributed by atoms with van der Waals surface area (Å²) in [7, 11) is 0. The van der Waals surface area contributed by atoms with Crippen LogP contribution in [0, 0.1) is 0 Å². The third-order valence-corrected chi connectivity index (χ3v) is 12.3. The molecule has 3 heterocycles. The molecule has 0 aliphatic heterocycles. The van der Waals surface area contributed by atoms with Crippen molar-refractivity contribution in [1.29, 1.82) is 0 Å². The second-order valence-corrected chi connectivity index (χ2v) is 15.7. The molecular weight excluding hydrogens is 731 g/mol. The van der Waals surface area contributed by atoms with E-state index >= 15 is 0 Å². The largest absolute Gasteiger partial charge is 0.309 e. The Morgan fingerprint density at radius 3 is 1.30 bits per heavy atom. The zero-order valence-corrected chi connectivity index (χ0v) is 32.3. The summed E-state index contributed by atoms with van der Waals surface area (Å²) in [5.74, 6) is 1.84. The number of para-hydroxylation sites is 2. The first-order valence-corrected chi connectivity index (χ1v) is 20.3. The summed E-state index contributed by atoms with van der Waals surface area (Å²) < 4.78 is 4.63. The van der Waals surface area contributed by atoms with E-state index in [2.05, 4.69) is 209 Å². The van der Waals surface area contributed by atoms with Crippen LogP contribution in [0.1, 0.15) is 0 Å². The molecule has 13 rings (SSSR count). The van der Waals surface area contributed by atoms with Crippen LogP contribution in [0.2, 0.25) is 0 Å². The standard InChI is InChI=1S/C55H33N5/c1-3-13-36-27-41(23-21-34(36)11-1)53-56-54(42-24-22-35-12-2-4-14-37(35)28-42)58-55(57-53)60-50-20-10-8-18-46(50)48-31-43-29-44(26-25-40(43)33-52(48)60)59-49-19-9-7-17-45(49)47-30-38-15-5-6-16-39(38)32-51(47)59/h1-33H. The molecule has 0 radical (unpaired) electrons. The highest BCUT2D eigenvalue weighted by Gasteiger charge is 2.20. The highest BCUT2D eigenvalue weighted by atomic mass is 15.2. The molecule has 0 N–H and O–H groups in total. The van der Waals surface area contributed by atoms with Gasteiger partial charge in [0.1, 0.15) is 0 Å². The van der Waals surface area contributed by atoms with Crippen LogP contribution in [0.3, 0.4) is 0 Å². The van der Waals surface area contributed by atoms with Crippen LogP contribution < -0.4 is 0 Å². The molecule has 0 fully saturated rings. The average molecular weight is 764 g/mol. The monoisotopic (exact) mass is 763 g/mol. The summed E-state index contributed by atoms with van der Waals surface area (Å²) in [4.78, 5) is 15.7. The van der Waals surface area contributed by atoms with Gasteiger partial charge in [-0.1, -0.05) is 140 Å². The first-order valence-electron chi connectivity index (χ1n) is 20.3. The third kappa shape index (κ3) is 5.03. The molecule has 278 valence electrons. The van der Waals surface area contributed by atoms with Gasteiger partial charge in [0.05, 0.1) is 22.1 Å². The van der Waals surface area contributed by atoms with E-state index in [1.807, 2.05) is 0 Å². The Morgan fingerprint density at radius 1 is 0.267 bits per heavy atom. The lowest BCUT2D eigenvalue weighted by Crippen LogP contribution is -2.06. The Labute approximate surface area is 344 Å². The van der Waals surface area contributed by atoms with Gasteiger partial charge in [-0.05, 0) is 104 Å². The molecule has 5 heteroatoms. The van der Waals surface area contributed by atoms with Crippen molar-refractivity contribution in [2.45, 2.75) is 0 Å². The van der Waals surface area contributed by atoms with Gasteiger partial charge in [-0.3, -0.25) is 4.57 Å². The summed E-state index contributed by atoms with van der Waals surface area (Å²) in [5, 5.41) is 14.2. The van der Waals surface area contributed by atoms with E-state index in [0.29, 0.717) is 17.6 Å². The first-order chi connectivity index (χ1) is 29.7. The fourth-order valence-corrected chi connectivity index (χ4v) is 9.37. The third-order valence-electron chi connectivity index (χ3n) is 12.3. The van der Waals surface area contributed by atoms with Crippen molar-refractivity contribution in [1.82, 2.24) is 24.1 Å². The minimum atomic E-state index is 0.580. The summed E-state index contributed by atoms with van der Waals surface area (Å²) in [6.45, 7) is 0. The predicted molar refractivity (Wildman–Crippen MR) is 249 cm³/mol. The van der Waals surface area contributed by atoms with Crippen LogP contribution in [-0.4, -0.2) is 24.1 Å². The van der Waals surface area contributed by atoms with Crippen LogP contribution in [0.25, 0.3) is 121 Å². The zero-order chi connectivity index (χ0) is 39.3. The maximum atomic E-state index is 5.29. The van der Waals surface area contributed by atoms with E-state index in [0.717, 1.165) is 54.8 Å². The van der Waals surface area contributed by atoms with Crippen molar-refractivity contribution in [2.75, 3.05) is 0 Å². The van der Waals surface area contributed by atoms with Crippen LogP contribution in [-0.2, 0) is 0 Å². The van der Waals surface area contributed by atoms with Gasteiger partial charge in [-0.15, -0.1) is 0 Å². The van der Waals surface area contributed by atoms with Gasteiger partial charge >= 0.3 is 0 Å². The molecule has 0 spiro atoms. The van der Waals surface area contributed by atoms with Crippen LogP contribution in [0.15, 0.2) is 200 Å². The van der Waals surface area contributed by atoms with Crippen LogP contribution in [0.5, 0.6) is 0 Å². The van der Waals surface area contributed by atoms with E-state index in [4.69, 9.17) is 15.0 Å². The topological polar surface area (TPSA) is 48.5 Å². The van der Waals surface area contributed by atoms with Gasteiger partial charge in [-0.25, -0.2) is 4.98 Å². The Morgan fingerprint density at radius 2 is 0.700 bits per heavy atom. The van der Waals surface area contributed by atoms with Crippen molar-refractivity contribution in [3.63, 3.8) is 0 Å². The molecular formula is C55H33N5. The van der Waals surface area contributed by atoms with E-state index in [1.54, 1.807) is 0 Å². The number of hydrogen-bond donors (Lipinski definition) is 0. The van der Waals surface area contributed by atoms with Crippen molar-refractivity contribution in [2.24, 2.45) is 0 Å². The molecule has 0 amide bonds. The fraction of sp³-hybridized carbons (Fsp3) is 0. The molecule has 5 nitrogen and oxygen atoms in total. The number of nitrogens with zero attached hydrogens (tertiary/aromatic N) is 5. The van der Waals surface area contributed by atoms with Gasteiger partial charge in [0.2, 0.25) is 5.95 Å². The lowest BCUT2D eigenvalue weighted by atomic mass is 10.0.